The molecule has 5 saturated carbocycles. The lowest BCUT2D eigenvalue weighted by Gasteiger charge is -2.83. The van der Waals surface area contributed by atoms with Gasteiger partial charge in [0.1, 0.15) is 28.6 Å². The van der Waals surface area contributed by atoms with E-state index in [0.717, 1.165) is 0 Å². The summed E-state index contributed by atoms with van der Waals surface area (Å²) in [5, 5.41) is 27.4. The van der Waals surface area contributed by atoms with Gasteiger partial charge >= 0.3 is 5.97 Å². The van der Waals surface area contributed by atoms with Crippen molar-refractivity contribution in [3.63, 3.8) is 0 Å². The zero-order chi connectivity index (χ0) is 24.9. The fourth-order valence-electron chi connectivity index (χ4n) is 9.61. The molecule has 2 saturated heterocycles. The Labute approximate surface area is 201 Å². The molecule has 5 aliphatic carbocycles. The van der Waals surface area contributed by atoms with Crippen LogP contribution in [0, 0.1) is 46.8 Å². The summed E-state index contributed by atoms with van der Waals surface area (Å²) in [6.07, 6.45) is 1.97. The van der Waals surface area contributed by atoms with Crippen LogP contribution in [0.15, 0.2) is 22.9 Å². The lowest BCUT2D eigenvalue weighted by molar-refractivity contribution is -0.465. The van der Waals surface area contributed by atoms with Crippen LogP contribution in [-0.2, 0) is 19.1 Å². The molecule has 7 aliphatic rings. The summed E-state index contributed by atoms with van der Waals surface area (Å²) in [6.45, 7) is 9.69. The van der Waals surface area contributed by atoms with Gasteiger partial charge in [-0.25, -0.2) is 4.79 Å². The summed E-state index contributed by atoms with van der Waals surface area (Å²) in [5.74, 6) is -5.01. The van der Waals surface area contributed by atoms with Crippen LogP contribution in [0.5, 0.6) is 0 Å². The zero-order valence-electron chi connectivity index (χ0n) is 20.0. The lowest BCUT2D eigenvalue weighted by atomic mass is 9.21. The Kier molecular flexibility index (Phi) is 3.72. The minimum Gasteiger partial charge on any atom is -0.442 e. The quantitative estimate of drug-likeness (QED) is 0.476. The molecular formula is C26H29NO8. The summed E-state index contributed by atoms with van der Waals surface area (Å²) in [6, 6.07) is 0. The molecule has 9 unspecified atom stereocenters. The van der Waals surface area contributed by atoms with E-state index in [4.69, 9.17) is 14.0 Å². The van der Waals surface area contributed by atoms with Gasteiger partial charge in [-0.15, -0.1) is 0 Å². The summed E-state index contributed by atoms with van der Waals surface area (Å²) in [4.78, 5) is 41.1. The molecular weight excluding hydrogens is 454 g/mol. The maximum absolute atomic E-state index is 14.4. The van der Waals surface area contributed by atoms with E-state index in [1.165, 1.54) is 6.20 Å². The number of aromatic nitrogens is 1. The number of aryl methyl sites for hydroxylation is 1. The first-order chi connectivity index (χ1) is 16.4. The number of esters is 1. The van der Waals surface area contributed by atoms with Crippen molar-refractivity contribution < 1.29 is 38.6 Å². The Morgan fingerprint density at radius 1 is 1.26 bits per heavy atom. The third kappa shape index (κ3) is 1.88. The van der Waals surface area contributed by atoms with Gasteiger partial charge in [0.15, 0.2) is 11.4 Å². The third-order valence-corrected chi connectivity index (χ3v) is 10.9. The molecule has 0 amide bonds. The Bertz CT molecular complexity index is 1250. The maximum atomic E-state index is 14.4. The number of carbonyl (C=O) groups excluding carboxylic acids is 3. The monoisotopic (exact) mass is 483 g/mol. The molecule has 2 aliphatic heterocycles. The minimum absolute atomic E-state index is 0.00834. The largest absolute Gasteiger partial charge is 0.442 e. The van der Waals surface area contributed by atoms with Gasteiger partial charge in [-0.3, -0.25) is 9.59 Å². The third-order valence-electron chi connectivity index (χ3n) is 10.9. The number of carbonyl (C=O) groups is 3. The highest BCUT2D eigenvalue weighted by Gasteiger charge is 2.97. The number of aliphatic hydroxyl groups excluding tert-OH is 1. The van der Waals surface area contributed by atoms with Crippen molar-refractivity contribution in [1.29, 1.82) is 0 Å². The number of hydrogen-bond acceptors (Lipinski definition) is 9. The topological polar surface area (TPSA) is 136 Å². The van der Waals surface area contributed by atoms with Crippen LogP contribution in [0.3, 0.4) is 0 Å². The van der Waals surface area contributed by atoms with Crippen LogP contribution in [0.25, 0.3) is 0 Å². The Morgan fingerprint density at radius 2 is 2.00 bits per heavy atom. The molecule has 0 aromatic carbocycles. The normalized spacial score (nSPS) is 50.4. The highest BCUT2D eigenvalue weighted by Crippen LogP contribution is 2.85. The van der Waals surface area contributed by atoms with E-state index < -0.39 is 63.2 Å². The molecule has 8 rings (SSSR count). The van der Waals surface area contributed by atoms with Crippen molar-refractivity contribution in [2.24, 2.45) is 39.9 Å². The number of ether oxygens (including phenoxy) is 2. The molecule has 2 spiro atoms. The summed E-state index contributed by atoms with van der Waals surface area (Å²) >= 11 is 0. The number of nitrogens with zero attached hydrogens (tertiary/aromatic N) is 1. The second-order valence-electron chi connectivity index (χ2n) is 12.2. The number of aliphatic hydroxyl groups is 2. The van der Waals surface area contributed by atoms with E-state index in [2.05, 4.69) is 11.7 Å². The predicted octanol–water partition coefficient (Wildman–Crippen LogP) is 1.74. The molecule has 0 radical (unpaired) electrons. The first kappa shape index (κ1) is 21.9. The van der Waals surface area contributed by atoms with Gasteiger partial charge in [0.25, 0.3) is 0 Å². The van der Waals surface area contributed by atoms with E-state index in [1.807, 2.05) is 13.8 Å². The summed E-state index contributed by atoms with van der Waals surface area (Å²) in [7, 11) is 0. The molecule has 2 N–H and O–H groups in total. The van der Waals surface area contributed by atoms with Gasteiger partial charge in [0.2, 0.25) is 5.79 Å². The van der Waals surface area contributed by atoms with Crippen LogP contribution in [0.2, 0.25) is 0 Å². The molecule has 2 bridgehead atoms. The molecule has 9 nitrogen and oxygen atoms in total. The van der Waals surface area contributed by atoms with Crippen molar-refractivity contribution in [3.05, 3.63) is 29.7 Å². The molecule has 9 heteroatoms. The molecule has 1 aromatic rings. The first-order valence-corrected chi connectivity index (χ1v) is 12.4. The van der Waals surface area contributed by atoms with Gasteiger partial charge in [0, 0.05) is 18.3 Å². The average molecular weight is 484 g/mol. The van der Waals surface area contributed by atoms with Gasteiger partial charge < -0.3 is 24.2 Å². The minimum atomic E-state index is -2.16. The van der Waals surface area contributed by atoms with Gasteiger partial charge in [-0.2, -0.15) is 0 Å². The van der Waals surface area contributed by atoms with Crippen LogP contribution in [-0.4, -0.2) is 57.0 Å². The molecule has 7 fully saturated rings. The number of fused-ring (bicyclic) bond motifs is 1. The standard InChI is InChI=1S/C26H29NO8/c1-11-13-5-6-15-23-10-33-26(32,19(29)18(23)22(3,4)8-7-16(23)28)24(15)17(13)25(11,21(24)31)34-20(30)14-9-27-35-12(14)2/h9,13,15,17-19,29,32H,1,5-8,10H2,2-4H3. The highest BCUT2D eigenvalue weighted by molar-refractivity contribution is 6.10. The molecule has 35 heavy (non-hydrogen) atoms. The first-order valence-electron chi connectivity index (χ1n) is 12.4. The van der Waals surface area contributed by atoms with Crippen LogP contribution in [0.4, 0.5) is 0 Å². The maximum Gasteiger partial charge on any atom is 0.344 e. The number of Topliss-reactive ketones (excluding diaryl/α,β-unsaturated/α-hetero) is 2. The van der Waals surface area contributed by atoms with E-state index >= 15 is 0 Å². The molecule has 186 valence electrons. The van der Waals surface area contributed by atoms with E-state index in [0.29, 0.717) is 31.3 Å². The number of ketones is 2. The van der Waals surface area contributed by atoms with Crippen LogP contribution < -0.4 is 0 Å². The number of rotatable bonds is 2. The van der Waals surface area contributed by atoms with E-state index in [1.54, 1.807) is 6.92 Å². The smallest absolute Gasteiger partial charge is 0.344 e. The molecule has 3 heterocycles. The second kappa shape index (κ2) is 5.95. The van der Waals surface area contributed by atoms with Crippen molar-refractivity contribution in [2.75, 3.05) is 6.61 Å². The van der Waals surface area contributed by atoms with Crippen molar-refractivity contribution in [1.82, 2.24) is 5.16 Å². The van der Waals surface area contributed by atoms with Gasteiger partial charge in [-0.1, -0.05) is 25.6 Å². The van der Waals surface area contributed by atoms with Crippen molar-refractivity contribution in [3.8, 4) is 0 Å². The summed E-state index contributed by atoms with van der Waals surface area (Å²) < 4.78 is 16.8. The Hall–Kier alpha value is -2.36. The lowest BCUT2D eigenvalue weighted by Crippen LogP contribution is -2.96. The fourth-order valence-corrected chi connectivity index (χ4v) is 9.61. The van der Waals surface area contributed by atoms with Crippen LogP contribution >= 0.6 is 0 Å². The second-order valence-corrected chi connectivity index (χ2v) is 12.2. The fraction of sp³-hybridized carbons (Fsp3) is 0.692. The van der Waals surface area contributed by atoms with Gasteiger partial charge in [0.05, 0.1) is 18.2 Å². The molecule has 1 aromatic heterocycles. The van der Waals surface area contributed by atoms with Crippen molar-refractivity contribution in [2.45, 2.75) is 63.9 Å². The predicted molar refractivity (Wildman–Crippen MR) is 117 cm³/mol. The SMILES string of the molecule is C=C1C2CCC3C45COC(O)(C(O)C4C(C)(C)CCC5=O)C34C(=O)C1(OC(=O)c1cnoc1C)C24. The zero-order valence-corrected chi connectivity index (χ0v) is 20.0. The summed E-state index contributed by atoms with van der Waals surface area (Å²) in [5.41, 5.74) is -4.01. The average Bonchev–Trinajstić information content (AvgIpc) is 3.25. The Morgan fingerprint density at radius 3 is 2.69 bits per heavy atom. The van der Waals surface area contributed by atoms with Gasteiger partial charge in [-0.05, 0) is 49.0 Å². The Balaban J connectivity index is 1.38. The number of hydrogen-bond donors (Lipinski definition) is 2. The van der Waals surface area contributed by atoms with Crippen LogP contribution in [0.1, 0.15) is 55.6 Å². The van der Waals surface area contributed by atoms with E-state index in [9.17, 15) is 24.6 Å². The highest BCUT2D eigenvalue weighted by atomic mass is 16.6. The molecule has 9 atom stereocenters. The van der Waals surface area contributed by atoms with Crippen molar-refractivity contribution >= 4 is 17.5 Å². The van der Waals surface area contributed by atoms with E-state index in [-0.39, 0.29) is 29.6 Å².